The fraction of sp³-hybridized carbons (Fsp3) is 0.116. The van der Waals surface area contributed by atoms with E-state index in [0.29, 0.717) is 14.6 Å². The van der Waals surface area contributed by atoms with Crippen LogP contribution in [0.25, 0.3) is 0 Å². The second-order valence-electron chi connectivity index (χ2n) is 12.4. The molecule has 0 saturated carbocycles. The summed E-state index contributed by atoms with van der Waals surface area (Å²) >= 11 is 0. The van der Waals surface area contributed by atoms with Crippen molar-refractivity contribution in [1.29, 1.82) is 0 Å². The van der Waals surface area contributed by atoms with Crippen LogP contribution >= 0.6 is 7.92 Å². The van der Waals surface area contributed by atoms with E-state index in [0.717, 1.165) is 22.7 Å². The van der Waals surface area contributed by atoms with Gasteiger partial charge >= 0.3 is 0 Å². The second-order valence-corrected chi connectivity index (χ2v) is 15.1. The zero-order valence-electron chi connectivity index (χ0n) is 27.3. The average Bonchev–Trinajstić information content (AvgIpc) is 3.09. The number of hydrogen-bond acceptors (Lipinski definition) is 0. The quantitative estimate of drug-likeness (QED) is 0.0859. The van der Waals surface area contributed by atoms with Crippen molar-refractivity contribution in [3.8, 4) is 0 Å². The zero-order valence-corrected chi connectivity index (χ0v) is 28.2. The molecule has 0 saturated heterocycles. The Bertz CT molecular complexity index is 1680. The van der Waals surface area contributed by atoms with Crippen LogP contribution in [0.2, 0.25) is 0 Å². The molecule has 0 aliphatic rings. The summed E-state index contributed by atoms with van der Waals surface area (Å²) in [6.45, 7) is 9.15. The largest absolute Gasteiger partial charge is 0.358 e. The van der Waals surface area contributed by atoms with Crippen molar-refractivity contribution in [3.05, 3.63) is 183 Å². The molecule has 0 N–H and O–H groups in total. The van der Waals surface area contributed by atoms with Gasteiger partial charge in [-0.1, -0.05) is 110 Å². The highest BCUT2D eigenvalue weighted by Crippen LogP contribution is 2.53. The maximum atomic E-state index is 5.02. The summed E-state index contributed by atoms with van der Waals surface area (Å²) in [4.78, 5) is 0. The van der Waals surface area contributed by atoms with Crippen molar-refractivity contribution < 1.29 is 0 Å². The topological polar surface area (TPSA) is 0 Å². The molecular formula is C43H43N2P. The molecule has 0 spiro atoms. The van der Waals surface area contributed by atoms with E-state index in [1.54, 1.807) is 0 Å². The molecule has 0 amide bonds. The molecule has 6 aromatic carbocycles. The minimum absolute atomic E-state index is 0.325. The third-order valence-corrected chi connectivity index (χ3v) is 11.7. The summed E-state index contributed by atoms with van der Waals surface area (Å²) in [7, 11) is 9.16. The first-order valence-corrected chi connectivity index (χ1v) is 17.4. The van der Waals surface area contributed by atoms with Gasteiger partial charge in [-0.05, 0) is 100 Å². The van der Waals surface area contributed by atoms with Crippen molar-refractivity contribution in [2.24, 2.45) is 0 Å². The monoisotopic (exact) mass is 618 g/mol. The van der Waals surface area contributed by atoms with E-state index >= 15 is 0 Å². The number of nitrogens with zero attached hydrogens (tertiary/aromatic N) is 2. The lowest BCUT2D eigenvalue weighted by atomic mass is 10.1. The number of aryl methyl sites for hydroxylation is 2. The predicted octanol–water partition coefficient (Wildman–Crippen LogP) is 11.7. The van der Waals surface area contributed by atoms with Gasteiger partial charge in [0.25, 0.3) is 0 Å². The predicted molar refractivity (Wildman–Crippen MR) is 202 cm³/mol. The molecular weight excluding hydrogens is 575 g/mol. The van der Waals surface area contributed by atoms with Gasteiger partial charge in [0.15, 0.2) is 0 Å². The molecule has 0 bridgehead atoms. The van der Waals surface area contributed by atoms with Gasteiger partial charge < -0.3 is 8.97 Å². The average molecular weight is 619 g/mol. The van der Waals surface area contributed by atoms with Crippen molar-refractivity contribution >= 4 is 52.7 Å². The lowest BCUT2D eigenvalue weighted by Gasteiger charge is -2.45. The number of hydrogen-bond donors (Lipinski definition) is 0. The molecule has 0 unspecified atom stereocenters. The maximum Gasteiger partial charge on any atom is 0.124 e. The van der Waals surface area contributed by atoms with E-state index in [2.05, 4.69) is 185 Å². The first kappa shape index (κ1) is 31.6. The van der Waals surface area contributed by atoms with E-state index in [1.807, 2.05) is 0 Å². The van der Waals surface area contributed by atoms with Gasteiger partial charge in [0, 0.05) is 10.6 Å². The Hall–Kier alpha value is -4.33. The summed E-state index contributed by atoms with van der Waals surface area (Å²) in [5.41, 5.74) is 9.71. The molecule has 6 aromatic rings. The van der Waals surface area contributed by atoms with Crippen LogP contribution in [0.3, 0.4) is 0 Å². The SMILES string of the molecule is [CH2-][N+](c1ccccc1)(c1ccccc1)c1ccc(C)cc1P(c1cc(C)ccc1[N+]([CH2-])(c1ccccc1)c1ccccc1)C(C)C. The third kappa shape index (κ3) is 5.74. The number of para-hydroxylation sites is 4. The Morgan fingerprint density at radius 3 is 0.978 bits per heavy atom. The molecule has 0 radical (unpaired) electrons. The van der Waals surface area contributed by atoms with Gasteiger partial charge in [0.1, 0.15) is 34.1 Å². The van der Waals surface area contributed by atoms with E-state index in [1.165, 1.54) is 33.1 Å². The van der Waals surface area contributed by atoms with Crippen molar-refractivity contribution in [2.45, 2.75) is 33.4 Å². The summed E-state index contributed by atoms with van der Waals surface area (Å²) in [5, 5.41) is 2.68. The van der Waals surface area contributed by atoms with Gasteiger partial charge in [-0.2, -0.15) is 0 Å². The molecule has 46 heavy (non-hydrogen) atoms. The second kappa shape index (κ2) is 13.2. The van der Waals surface area contributed by atoms with Gasteiger partial charge in [-0.3, -0.25) is 0 Å². The van der Waals surface area contributed by atoms with Crippen LogP contribution in [-0.2, 0) is 0 Å². The Balaban J connectivity index is 1.67. The Morgan fingerprint density at radius 1 is 0.435 bits per heavy atom. The van der Waals surface area contributed by atoms with E-state index in [4.69, 9.17) is 14.1 Å². The van der Waals surface area contributed by atoms with Gasteiger partial charge in [0.05, 0.1) is 0 Å². The lowest BCUT2D eigenvalue weighted by Crippen LogP contribution is -2.39. The Kier molecular flexibility index (Phi) is 9.07. The highest BCUT2D eigenvalue weighted by Gasteiger charge is 2.36. The molecule has 0 heterocycles. The van der Waals surface area contributed by atoms with E-state index < -0.39 is 7.92 Å². The first-order valence-electron chi connectivity index (χ1n) is 16.0. The molecule has 0 aliphatic carbocycles. The van der Waals surface area contributed by atoms with E-state index in [9.17, 15) is 0 Å². The fourth-order valence-corrected chi connectivity index (χ4v) is 9.61. The van der Waals surface area contributed by atoms with Crippen LogP contribution in [0.1, 0.15) is 25.0 Å². The van der Waals surface area contributed by atoms with Gasteiger partial charge in [-0.15, -0.1) is 14.1 Å². The van der Waals surface area contributed by atoms with Crippen molar-refractivity contribution in [1.82, 2.24) is 8.97 Å². The normalized spacial score (nSPS) is 12.1. The summed E-state index contributed by atoms with van der Waals surface area (Å²) in [6, 6.07) is 56.7. The summed E-state index contributed by atoms with van der Waals surface area (Å²) in [6.07, 6.45) is 0. The highest BCUT2D eigenvalue weighted by molar-refractivity contribution is 7.74. The van der Waals surface area contributed by atoms with E-state index in [-0.39, 0.29) is 0 Å². The molecule has 0 atom stereocenters. The van der Waals surface area contributed by atoms with Crippen LogP contribution in [-0.4, -0.2) is 5.66 Å². The summed E-state index contributed by atoms with van der Waals surface area (Å²) in [5.74, 6) is 0. The standard InChI is InChI=1S/C43H43N2P/c1-33(2)46(42-31-34(3)27-29-40(42)44(5,36-19-11-7-12-20-36)37-21-13-8-14-22-37)43-32-35(4)28-30-41(43)45(6,38-23-15-9-16-24-38)39-25-17-10-18-26-39/h7-33H,5-6H2,1-4H3. The molecule has 0 aromatic heterocycles. The van der Waals surface area contributed by atoms with Crippen LogP contribution in [0.15, 0.2) is 158 Å². The van der Waals surface area contributed by atoms with Crippen LogP contribution in [0.5, 0.6) is 0 Å². The first-order chi connectivity index (χ1) is 22.2. The highest BCUT2D eigenvalue weighted by atomic mass is 31.1. The van der Waals surface area contributed by atoms with Crippen molar-refractivity contribution in [2.75, 3.05) is 0 Å². The third-order valence-electron chi connectivity index (χ3n) is 8.91. The van der Waals surface area contributed by atoms with Crippen LogP contribution in [0.4, 0.5) is 34.1 Å². The minimum atomic E-state index is -0.885. The molecule has 230 valence electrons. The summed E-state index contributed by atoms with van der Waals surface area (Å²) < 4.78 is 0.650. The lowest BCUT2D eigenvalue weighted by molar-refractivity contribution is 0.684. The molecule has 3 heteroatoms. The molecule has 0 aliphatic heterocycles. The molecule has 6 rings (SSSR count). The maximum absolute atomic E-state index is 5.02. The van der Waals surface area contributed by atoms with Gasteiger partial charge in [0.2, 0.25) is 0 Å². The number of benzene rings is 6. The molecule has 2 nitrogen and oxygen atoms in total. The number of rotatable bonds is 9. The molecule has 0 fully saturated rings. The fourth-order valence-electron chi connectivity index (χ4n) is 6.57. The zero-order chi connectivity index (χ0) is 32.3. The van der Waals surface area contributed by atoms with Crippen LogP contribution < -0.4 is 19.6 Å². The smallest absolute Gasteiger partial charge is 0.124 e. The van der Waals surface area contributed by atoms with Crippen LogP contribution in [0, 0.1) is 27.9 Å². The Morgan fingerprint density at radius 2 is 0.717 bits per heavy atom. The van der Waals surface area contributed by atoms with Crippen molar-refractivity contribution in [3.63, 3.8) is 0 Å². The van der Waals surface area contributed by atoms with Gasteiger partial charge in [-0.25, -0.2) is 0 Å². The minimum Gasteiger partial charge on any atom is -0.358 e. The number of quaternary nitrogens is 2. The Labute approximate surface area is 277 Å².